The van der Waals surface area contributed by atoms with Crippen LogP contribution in [0.1, 0.15) is 27.9 Å². The normalized spacial score (nSPS) is 10.7. The molecule has 0 unspecified atom stereocenters. The van der Waals surface area contributed by atoms with Crippen LogP contribution >= 0.6 is 11.3 Å². The first-order chi connectivity index (χ1) is 11.9. The third kappa shape index (κ3) is 4.80. The number of rotatable bonds is 6. The van der Waals surface area contributed by atoms with Crippen LogP contribution in [-0.4, -0.2) is 35.7 Å². The van der Waals surface area contributed by atoms with Crippen LogP contribution in [0.2, 0.25) is 0 Å². The molecule has 2 rings (SSSR count). The highest BCUT2D eigenvalue weighted by atomic mass is 32.1. The highest BCUT2D eigenvalue weighted by Gasteiger charge is 2.16. The first-order valence-electron chi connectivity index (χ1n) is 7.45. The molecular formula is C17H18N2O5S. The Morgan fingerprint density at radius 2 is 2.16 bits per heavy atom. The SMILES string of the molecule is CCOC(=O)c1sc(NC(=O)/C=C/c2ccc(O)c(OC)c2)nc1C. The zero-order chi connectivity index (χ0) is 18.4. The van der Waals surface area contributed by atoms with Gasteiger partial charge in [-0.15, -0.1) is 0 Å². The molecule has 1 aromatic heterocycles. The Kier molecular flexibility index (Phi) is 6.13. The molecule has 0 aliphatic heterocycles. The molecule has 0 fully saturated rings. The van der Waals surface area contributed by atoms with Crippen molar-refractivity contribution in [2.75, 3.05) is 19.0 Å². The topological polar surface area (TPSA) is 97.8 Å². The van der Waals surface area contributed by atoms with Crippen molar-refractivity contribution in [2.45, 2.75) is 13.8 Å². The number of esters is 1. The molecule has 0 bridgehead atoms. The number of carbonyl (C=O) groups is 2. The Morgan fingerprint density at radius 3 is 2.84 bits per heavy atom. The monoisotopic (exact) mass is 362 g/mol. The summed E-state index contributed by atoms with van der Waals surface area (Å²) in [6.07, 6.45) is 2.90. The molecule has 8 heteroatoms. The molecule has 0 saturated carbocycles. The van der Waals surface area contributed by atoms with Crippen molar-refractivity contribution >= 4 is 34.4 Å². The second kappa shape index (κ2) is 8.29. The standard InChI is InChI=1S/C17H18N2O5S/c1-4-24-16(22)15-10(2)18-17(25-15)19-14(21)8-6-11-5-7-12(20)13(9-11)23-3/h5-9,20H,4H2,1-3H3,(H,18,19,21)/b8-6+. The number of hydrogen-bond acceptors (Lipinski definition) is 7. The fourth-order valence-electron chi connectivity index (χ4n) is 1.95. The minimum absolute atomic E-state index is 0.0221. The number of anilines is 1. The number of nitrogens with one attached hydrogen (secondary N) is 1. The fraction of sp³-hybridized carbons (Fsp3) is 0.235. The Balaban J connectivity index is 2.05. The molecule has 7 nitrogen and oxygen atoms in total. The molecular weight excluding hydrogens is 344 g/mol. The smallest absolute Gasteiger partial charge is 0.350 e. The van der Waals surface area contributed by atoms with Crippen molar-refractivity contribution in [3.63, 3.8) is 0 Å². The number of phenols is 1. The maximum absolute atomic E-state index is 12.0. The highest BCUT2D eigenvalue weighted by molar-refractivity contribution is 7.17. The molecule has 0 saturated heterocycles. The average molecular weight is 362 g/mol. The molecule has 0 aliphatic carbocycles. The van der Waals surface area contributed by atoms with E-state index < -0.39 is 11.9 Å². The van der Waals surface area contributed by atoms with E-state index in [1.165, 1.54) is 19.3 Å². The third-order valence-electron chi connectivity index (χ3n) is 3.12. The number of hydrogen-bond donors (Lipinski definition) is 2. The molecule has 25 heavy (non-hydrogen) atoms. The number of aromatic nitrogens is 1. The van der Waals surface area contributed by atoms with E-state index in [0.29, 0.717) is 27.0 Å². The van der Waals surface area contributed by atoms with Crippen LogP contribution in [0.3, 0.4) is 0 Å². The summed E-state index contributed by atoms with van der Waals surface area (Å²) < 4.78 is 9.95. The van der Waals surface area contributed by atoms with Crippen LogP contribution in [0, 0.1) is 6.92 Å². The predicted molar refractivity (Wildman–Crippen MR) is 95.1 cm³/mol. The minimum Gasteiger partial charge on any atom is -0.504 e. The van der Waals surface area contributed by atoms with Crippen LogP contribution in [0.4, 0.5) is 5.13 Å². The maximum Gasteiger partial charge on any atom is 0.350 e. The molecule has 0 aliphatic rings. The molecule has 1 aromatic carbocycles. The van der Waals surface area contributed by atoms with Gasteiger partial charge in [0.2, 0.25) is 5.91 Å². The van der Waals surface area contributed by atoms with Gasteiger partial charge < -0.3 is 14.6 Å². The molecule has 0 radical (unpaired) electrons. The van der Waals surface area contributed by atoms with E-state index in [2.05, 4.69) is 10.3 Å². The molecule has 132 valence electrons. The van der Waals surface area contributed by atoms with Crippen molar-refractivity contribution in [3.05, 3.63) is 40.4 Å². The number of methoxy groups -OCH3 is 1. The van der Waals surface area contributed by atoms with Gasteiger partial charge >= 0.3 is 5.97 Å². The Bertz CT molecular complexity index is 813. The zero-order valence-electron chi connectivity index (χ0n) is 14.0. The van der Waals surface area contributed by atoms with E-state index in [-0.39, 0.29) is 12.4 Å². The first kappa shape index (κ1) is 18.5. The summed E-state index contributed by atoms with van der Waals surface area (Å²) in [7, 11) is 1.45. The summed E-state index contributed by atoms with van der Waals surface area (Å²) in [5, 5.41) is 12.5. The quantitative estimate of drug-likeness (QED) is 0.606. The molecule has 1 amide bonds. The lowest BCUT2D eigenvalue weighted by Gasteiger charge is -2.03. The summed E-state index contributed by atoms with van der Waals surface area (Å²) >= 11 is 1.06. The van der Waals surface area contributed by atoms with Gasteiger partial charge in [0.1, 0.15) is 4.88 Å². The molecule has 2 N–H and O–H groups in total. The summed E-state index contributed by atoms with van der Waals surface area (Å²) in [6, 6.07) is 4.73. The summed E-state index contributed by atoms with van der Waals surface area (Å²) in [6.45, 7) is 3.67. The number of benzene rings is 1. The van der Waals surface area contributed by atoms with Crippen molar-refractivity contribution < 1.29 is 24.2 Å². The van der Waals surface area contributed by atoms with Crippen LogP contribution in [-0.2, 0) is 9.53 Å². The van der Waals surface area contributed by atoms with Gasteiger partial charge in [0, 0.05) is 6.08 Å². The van der Waals surface area contributed by atoms with Gasteiger partial charge in [-0.1, -0.05) is 17.4 Å². The number of aromatic hydroxyl groups is 1. The average Bonchev–Trinajstić information content (AvgIpc) is 2.94. The Morgan fingerprint density at radius 1 is 1.40 bits per heavy atom. The first-order valence-corrected chi connectivity index (χ1v) is 8.26. The zero-order valence-corrected chi connectivity index (χ0v) is 14.8. The van der Waals surface area contributed by atoms with Gasteiger partial charge in [-0.2, -0.15) is 0 Å². The minimum atomic E-state index is -0.454. The van der Waals surface area contributed by atoms with Crippen LogP contribution in [0.15, 0.2) is 24.3 Å². The predicted octanol–water partition coefficient (Wildman–Crippen LogP) is 2.99. The number of phenolic OH excluding ortho intramolecular Hbond substituents is 1. The lowest BCUT2D eigenvalue weighted by molar-refractivity contribution is -0.111. The van der Waals surface area contributed by atoms with E-state index in [0.717, 1.165) is 11.3 Å². The lowest BCUT2D eigenvalue weighted by Crippen LogP contribution is -2.07. The maximum atomic E-state index is 12.0. The number of carbonyl (C=O) groups excluding carboxylic acids is 2. The van der Waals surface area contributed by atoms with Gasteiger partial charge in [0.15, 0.2) is 16.6 Å². The van der Waals surface area contributed by atoms with E-state index in [1.54, 1.807) is 32.1 Å². The summed E-state index contributed by atoms with van der Waals surface area (Å²) in [5.74, 6) is -0.507. The number of amides is 1. The third-order valence-corrected chi connectivity index (χ3v) is 4.17. The van der Waals surface area contributed by atoms with Crippen LogP contribution in [0.25, 0.3) is 6.08 Å². The second-order valence-corrected chi connectivity index (χ2v) is 5.91. The highest BCUT2D eigenvalue weighted by Crippen LogP contribution is 2.27. The van der Waals surface area contributed by atoms with Gasteiger partial charge in [-0.3, -0.25) is 10.1 Å². The molecule has 0 spiro atoms. The van der Waals surface area contributed by atoms with Gasteiger partial charge in [-0.05, 0) is 37.6 Å². The summed E-state index contributed by atoms with van der Waals surface area (Å²) in [5.41, 5.74) is 1.19. The fourth-order valence-corrected chi connectivity index (χ4v) is 2.82. The van der Waals surface area contributed by atoms with E-state index in [4.69, 9.17) is 9.47 Å². The summed E-state index contributed by atoms with van der Waals surface area (Å²) in [4.78, 5) is 28.3. The number of thiazole rings is 1. The van der Waals surface area contributed by atoms with Gasteiger partial charge in [0.05, 0.1) is 19.4 Å². The number of aryl methyl sites for hydroxylation is 1. The van der Waals surface area contributed by atoms with Crippen molar-refractivity contribution in [1.82, 2.24) is 4.98 Å². The van der Waals surface area contributed by atoms with Crippen molar-refractivity contribution in [2.24, 2.45) is 0 Å². The van der Waals surface area contributed by atoms with Crippen LogP contribution < -0.4 is 10.1 Å². The van der Waals surface area contributed by atoms with Gasteiger partial charge in [-0.25, -0.2) is 9.78 Å². The Hall–Kier alpha value is -2.87. The molecule has 0 atom stereocenters. The molecule has 1 heterocycles. The van der Waals surface area contributed by atoms with E-state index in [9.17, 15) is 14.7 Å². The van der Waals surface area contributed by atoms with E-state index in [1.807, 2.05) is 0 Å². The van der Waals surface area contributed by atoms with Crippen molar-refractivity contribution in [1.29, 1.82) is 0 Å². The Labute approximate surface area is 148 Å². The van der Waals surface area contributed by atoms with Crippen LogP contribution in [0.5, 0.6) is 11.5 Å². The number of nitrogens with zero attached hydrogens (tertiary/aromatic N) is 1. The van der Waals surface area contributed by atoms with E-state index >= 15 is 0 Å². The van der Waals surface area contributed by atoms with Crippen molar-refractivity contribution in [3.8, 4) is 11.5 Å². The lowest BCUT2D eigenvalue weighted by atomic mass is 10.2. The second-order valence-electron chi connectivity index (χ2n) is 4.91. The van der Waals surface area contributed by atoms with Gasteiger partial charge in [0.25, 0.3) is 0 Å². The number of ether oxygens (including phenoxy) is 2. The largest absolute Gasteiger partial charge is 0.504 e. The molecule has 2 aromatic rings.